The van der Waals surface area contributed by atoms with Crippen molar-refractivity contribution in [3.05, 3.63) is 59.0 Å². The van der Waals surface area contributed by atoms with E-state index in [1.165, 1.54) is 0 Å². The van der Waals surface area contributed by atoms with Crippen LogP contribution in [-0.4, -0.2) is 85.4 Å². The Morgan fingerprint density at radius 1 is 0.976 bits per heavy atom. The lowest BCUT2D eigenvalue weighted by atomic mass is 10.1. The molecule has 0 bridgehead atoms. The van der Waals surface area contributed by atoms with Gasteiger partial charge in [0.05, 0.1) is 48.1 Å². The largest absolute Gasteiger partial charge is 0.495 e. The third kappa shape index (κ3) is 6.56. The van der Waals surface area contributed by atoms with Gasteiger partial charge >= 0.3 is 0 Å². The molecule has 1 fully saturated rings. The second-order valence-electron chi connectivity index (χ2n) is 10.6. The summed E-state index contributed by atoms with van der Waals surface area (Å²) in [6, 6.07) is 9.80. The molecule has 0 radical (unpaired) electrons. The molecule has 2 aromatic carbocycles. The van der Waals surface area contributed by atoms with Crippen LogP contribution in [0.3, 0.4) is 0 Å². The number of nitrogens with one attached hydrogen (secondary N) is 2. The Bertz CT molecular complexity index is 1630. The van der Waals surface area contributed by atoms with E-state index in [9.17, 15) is 4.57 Å². The Kier molecular flexibility index (Phi) is 8.77. The van der Waals surface area contributed by atoms with Crippen molar-refractivity contribution in [1.29, 1.82) is 0 Å². The Labute approximate surface area is 254 Å². The van der Waals surface area contributed by atoms with Crippen LogP contribution < -0.4 is 30.3 Å². The third-order valence-electron chi connectivity index (χ3n) is 7.23. The highest BCUT2D eigenvalue weighted by atomic mass is 79.9. The molecule has 3 heterocycles. The molecule has 0 aliphatic carbocycles. The average molecular weight is 656 g/mol. The van der Waals surface area contributed by atoms with E-state index in [-0.39, 0.29) is 0 Å². The van der Waals surface area contributed by atoms with E-state index < -0.39 is 7.14 Å². The van der Waals surface area contributed by atoms with Gasteiger partial charge in [-0.3, -0.25) is 0 Å². The van der Waals surface area contributed by atoms with Crippen LogP contribution in [0.4, 0.5) is 28.8 Å². The van der Waals surface area contributed by atoms with E-state index in [0.717, 1.165) is 54.6 Å². The fraction of sp³-hybridized carbons (Fsp3) is 0.345. The van der Waals surface area contributed by atoms with Gasteiger partial charge in [0.25, 0.3) is 0 Å². The Morgan fingerprint density at radius 2 is 1.74 bits per heavy atom. The summed E-state index contributed by atoms with van der Waals surface area (Å²) in [4.78, 5) is 13.9. The second kappa shape index (κ2) is 12.3. The van der Waals surface area contributed by atoms with Gasteiger partial charge in [0.1, 0.15) is 18.7 Å². The Balaban J connectivity index is 1.42. The lowest BCUT2D eigenvalue weighted by molar-refractivity contribution is 0.311. The van der Waals surface area contributed by atoms with E-state index in [0.29, 0.717) is 33.0 Å². The van der Waals surface area contributed by atoms with Crippen molar-refractivity contribution in [1.82, 2.24) is 24.6 Å². The zero-order valence-corrected chi connectivity index (χ0v) is 27.2. The van der Waals surface area contributed by atoms with Crippen molar-refractivity contribution in [3.8, 4) is 17.2 Å². The van der Waals surface area contributed by atoms with Gasteiger partial charge in [0.2, 0.25) is 5.95 Å². The number of ether oxygens (including phenoxy) is 2. The number of likely N-dealkylation sites (N-methyl/N-ethyl adjacent to an activating group) is 1. The van der Waals surface area contributed by atoms with E-state index >= 15 is 0 Å². The number of methoxy groups -OCH3 is 2. The molecule has 2 aromatic heterocycles. The molecular formula is C29H36BrN8O3P. The van der Waals surface area contributed by atoms with E-state index in [1.54, 1.807) is 50.8 Å². The van der Waals surface area contributed by atoms with Gasteiger partial charge in [-0.15, -0.1) is 0 Å². The van der Waals surface area contributed by atoms with Crippen LogP contribution >= 0.6 is 23.1 Å². The van der Waals surface area contributed by atoms with Gasteiger partial charge < -0.3 is 34.5 Å². The Morgan fingerprint density at radius 3 is 2.40 bits per heavy atom. The van der Waals surface area contributed by atoms with Gasteiger partial charge in [-0.1, -0.05) is 0 Å². The van der Waals surface area contributed by atoms with Gasteiger partial charge in [-0.05, 0) is 73.1 Å². The molecule has 0 atom stereocenters. The number of aryl methyl sites for hydroxylation is 1. The second-order valence-corrected chi connectivity index (χ2v) is 14.7. The molecule has 0 saturated carbocycles. The number of piperazine rings is 1. The molecule has 4 aromatic rings. The SMILES string of the molecule is COc1cnn(-c2ccc(Nc3nc(Nc4cc(OC)c(N5CCN(C)CC5)cc4C)ncc3Br)c(P(C)(C)=O)c2)c1. The van der Waals surface area contributed by atoms with E-state index in [1.807, 2.05) is 24.3 Å². The predicted molar refractivity (Wildman–Crippen MR) is 173 cm³/mol. The van der Waals surface area contributed by atoms with Crippen molar-refractivity contribution in [2.75, 3.05) is 76.3 Å². The van der Waals surface area contributed by atoms with Crippen LogP contribution in [0.1, 0.15) is 5.56 Å². The molecule has 0 spiro atoms. The lowest BCUT2D eigenvalue weighted by Gasteiger charge is -2.35. The molecule has 5 rings (SSSR count). The summed E-state index contributed by atoms with van der Waals surface area (Å²) in [6.45, 7) is 9.46. The minimum Gasteiger partial charge on any atom is -0.495 e. The van der Waals surface area contributed by atoms with Gasteiger partial charge in [0.15, 0.2) is 5.75 Å². The van der Waals surface area contributed by atoms with Crippen molar-refractivity contribution in [2.24, 2.45) is 0 Å². The van der Waals surface area contributed by atoms with Crippen LogP contribution in [0, 0.1) is 6.92 Å². The van der Waals surface area contributed by atoms with Crippen molar-refractivity contribution in [2.45, 2.75) is 6.92 Å². The maximum Gasteiger partial charge on any atom is 0.229 e. The summed E-state index contributed by atoms with van der Waals surface area (Å²) in [5, 5.41) is 11.7. The number of hydrogen-bond donors (Lipinski definition) is 2. The number of aromatic nitrogens is 4. The fourth-order valence-corrected chi connectivity index (χ4v) is 6.24. The highest BCUT2D eigenvalue weighted by molar-refractivity contribution is 9.10. The van der Waals surface area contributed by atoms with Crippen molar-refractivity contribution >= 4 is 57.2 Å². The highest BCUT2D eigenvalue weighted by Gasteiger charge is 2.21. The van der Waals surface area contributed by atoms with Crippen molar-refractivity contribution in [3.63, 3.8) is 0 Å². The number of hydrogen-bond acceptors (Lipinski definition) is 10. The average Bonchev–Trinajstić information content (AvgIpc) is 3.45. The molecule has 11 nitrogen and oxygen atoms in total. The molecular weight excluding hydrogens is 619 g/mol. The maximum absolute atomic E-state index is 13.4. The first-order valence-electron chi connectivity index (χ1n) is 13.5. The van der Waals surface area contributed by atoms with Crippen LogP contribution in [0.5, 0.6) is 11.5 Å². The van der Waals surface area contributed by atoms with Gasteiger partial charge in [0, 0.05) is 49.4 Å². The molecule has 0 unspecified atom stereocenters. The summed E-state index contributed by atoms with van der Waals surface area (Å²) in [6.07, 6.45) is 5.09. The van der Waals surface area contributed by atoms with Crippen molar-refractivity contribution < 1.29 is 14.0 Å². The van der Waals surface area contributed by atoms with Crippen LogP contribution in [0.2, 0.25) is 0 Å². The van der Waals surface area contributed by atoms with Gasteiger partial charge in [-0.25, -0.2) is 9.67 Å². The molecule has 1 aliphatic rings. The fourth-order valence-electron chi connectivity index (χ4n) is 4.80. The smallest absolute Gasteiger partial charge is 0.229 e. The number of halogens is 1. The molecule has 1 saturated heterocycles. The first kappa shape index (κ1) is 29.9. The standard InChI is InChI=1S/C29H36BrN8O3P/c1-19-13-25(37-11-9-36(2)10-12-37)26(41-4)15-24(19)34-29-31-17-22(30)28(35-29)33-23-8-7-20(14-27(23)42(5,6)39)38-18-21(40-3)16-32-38/h7-8,13-18H,9-12H2,1-6H3,(H2,31,33,34,35). The summed E-state index contributed by atoms with van der Waals surface area (Å²) < 4.78 is 26.7. The maximum atomic E-state index is 13.4. The van der Waals surface area contributed by atoms with Crippen LogP contribution in [-0.2, 0) is 4.57 Å². The van der Waals surface area contributed by atoms with Crippen LogP contribution in [0.25, 0.3) is 5.69 Å². The zero-order chi connectivity index (χ0) is 30.0. The first-order chi connectivity index (χ1) is 20.0. The third-order valence-corrected chi connectivity index (χ3v) is 9.34. The number of anilines is 5. The summed E-state index contributed by atoms with van der Waals surface area (Å²) in [5.41, 5.74) is 4.45. The lowest BCUT2D eigenvalue weighted by Crippen LogP contribution is -2.44. The summed E-state index contributed by atoms with van der Waals surface area (Å²) in [5.74, 6) is 2.39. The normalized spacial score (nSPS) is 14.1. The van der Waals surface area contributed by atoms with E-state index in [2.05, 4.69) is 66.5 Å². The van der Waals surface area contributed by atoms with Gasteiger partial charge in [-0.2, -0.15) is 10.1 Å². The highest BCUT2D eigenvalue weighted by Crippen LogP contribution is 2.40. The summed E-state index contributed by atoms with van der Waals surface area (Å²) >= 11 is 3.56. The molecule has 1 aliphatic heterocycles. The minimum absolute atomic E-state index is 0.413. The first-order valence-corrected chi connectivity index (χ1v) is 16.9. The monoisotopic (exact) mass is 654 g/mol. The van der Waals surface area contributed by atoms with Crippen LogP contribution in [0.15, 0.2) is 53.4 Å². The zero-order valence-electron chi connectivity index (χ0n) is 24.7. The molecule has 42 heavy (non-hydrogen) atoms. The predicted octanol–water partition coefficient (Wildman–Crippen LogP) is 5.24. The Hall–Kier alpha value is -3.60. The number of rotatable bonds is 9. The molecule has 13 heteroatoms. The molecule has 2 N–H and O–H groups in total. The van der Waals surface area contributed by atoms with E-state index in [4.69, 9.17) is 14.5 Å². The molecule has 222 valence electrons. The summed E-state index contributed by atoms with van der Waals surface area (Å²) in [7, 11) is 2.74. The topological polar surface area (TPSA) is 110 Å². The minimum atomic E-state index is -2.69. The molecule has 0 amide bonds. The number of benzene rings is 2. The number of nitrogens with zero attached hydrogens (tertiary/aromatic N) is 6. The quantitative estimate of drug-likeness (QED) is 0.233.